The van der Waals surface area contributed by atoms with Gasteiger partial charge in [-0.2, -0.15) is 0 Å². The van der Waals surface area contributed by atoms with E-state index in [1.807, 2.05) is 0 Å². The third-order valence-corrected chi connectivity index (χ3v) is 5.20. The molecule has 0 radical (unpaired) electrons. The summed E-state index contributed by atoms with van der Waals surface area (Å²) in [5, 5.41) is 0. The van der Waals surface area contributed by atoms with E-state index in [-0.39, 0.29) is 26.3 Å². The first kappa shape index (κ1) is 24.6. The van der Waals surface area contributed by atoms with Crippen molar-refractivity contribution in [3.05, 3.63) is 35.1 Å². The number of halogens is 1. The molecule has 1 heterocycles. The van der Waals surface area contributed by atoms with Gasteiger partial charge in [0.25, 0.3) is 0 Å². The van der Waals surface area contributed by atoms with Crippen LogP contribution in [0.15, 0.2) is 18.2 Å². The van der Waals surface area contributed by atoms with Crippen LogP contribution in [-0.4, -0.2) is 54.8 Å². The molecule has 1 aromatic carbocycles. The fraction of sp³-hybridized carbons (Fsp3) is 0.609. The zero-order valence-corrected chi connectivity index (χ0v) is 19.1. The highest BCUT2D eigenvalue weighted by Crippen LogP contribution is 2.41. The Labute approximate surface area is 182 Å². The Morgan fingerprint density at radius 3 is 2.00 bits per heavy atom. The Hall–Kier alpha value is -2.64. The number of ether oxygens (including phenoxy) is 3. The van der Waals surface area contributed by atoms with E-state index in [9.17, 15) is 18.8 Å². The number of rotatable bonds is 5. The molecule has 1 aliphatic rings. The highest BCUT2D eigenvalue weighted by Gasteiger charge is 2.48. The number of hydrogen-bond acceptors (Lipinski definition) is 6. The average molecular weight is 438 g/mol. The van der Waals surface area contributed by atoms with Crippen LogP contribution in [0.5, 0.6) is 0 Å². The van der Waals surface area contributed by atoms with Crippen LogP contribution >= 0.6 is 0 Å². The predicted molar refractivity (Wildman–Crippen MR) is 112 cm³/mol. The van der Waals surface area contributed by atoms with Crippen molar-refractivity contribution in [1.29, 1.82) is 0 Å². The van der Waals surface area contributed by atoms with Gasteiger partial charge in [0, 0.05) is 19.0 Å². The number of amides is 1. The van der Waals surface area contributed by atoms with Gasteiger partial charge in [-0.05, 0) is 58.7 Å². The first-order chi connectivity index (χ1) is 14.5. The lowest BCUT2D eigenvalue weighted by Crippen LogP contribution is -2.54. The molecule has 1 amide bonds. The Morgan fingerprint density at radius 2 is 1.55 bits per heavy atom. The van der Waals surface area contributed by atoms with Gasteiger partial charge < -0.3 is 19.1 Å². The van der Waals surface area contributed by atoms with Gasteiger partial charge in [0.1, 0.15) is 11.4 Å². The lowest BCUT2D eigenvalue weighted by molar-refractivity contribution is -0.157. The maximum absolute atomic E-state index is 14.4. The Morgan fingerprint density at radius 1 is 1.03 bits per heavy atom. The lowest BCUT2D eigenvalue weighted by atomic mass is 9.72. The molecule has 0 aliphatic carbocycles. The first-order valence-electron chi connectivity index (χ1n) is 10.6. The van der Waals surface area contributed by atoms with Crippen LogP contribution in [-0.2, 0) is 23.8 Å². The molecule has 0 bridgehead atoms. The van der Waals surface area contributed by atoms with Gasteiger partial charge >= 0.3 is 18.0 Å². The number of benzene rings is 1. The molecule has 8 heteroatoms. The standard InChI is InChI=1S/C23H32FNO6/c1-7-29-20(26)16-12-25(22(28)31-23(4,5)6)13-17(21(27)30-8-2)19(16)15-10-9-11-18(24)14(15)3/h9-11,16-17,19H,7-8,12-13H2,1-6H3/t16-,17-/m0/s1. The summed E-state index contributed by atoms with van der Waals surface area (Å²) in [6, 6.07) is 4.57. The van der Waals surface area contributed by atoms with E-state index in [0.29, 0.717) is 11.1 Å². The molecule has 0 aromatic heterocycles. The molecule has 0 N–H and O–H groups in total. The molecule has 0 unspecified atom stereocenters. The molecule has 1 aliphatic heterocycles. The number of hydrogen-bond donors (Lipinski definition) is 0. The van der Waals surface area contributed by atoms with E-state index in [0.717, 1.165) is 0 Å². The number of esters is 2. The lowest BCUT2D eigenvalue weighted by Gasteiger charge is -2.42. The molecular formula is C23H32FNO6. The summed E-state index contributed by atoms with van der Waals surface area (Å²) in [5.74, 6) is -4.01. The number of carbonyl (C=O) groups is 3. The van der Waals surface area contributed by atoms with Crippen molar-refractivity contribution in [2.24, 2.45) is 11.8 Å². The Kier molecular flexibility index (Phi) is 8.03. The summed E-state index contributed by atoms with van der Waals surface area (Å²) >= 11 is 0. The van der Waals surface area contributed by atoms with Gasteiger partial charge in [-0.25, -0.2) is 9.18 Å². The summed E-state index contributed by atoms with van der Waals surface area (Å²) < 4.78 is 30.3. The maximum Gasteiger partial charge on any atom is 0.410 e. The van der Waals surface area contributed by atoms with Crippen LogP contribution in [0, 0.1) is 24.6 Å². The predicted octanol–water partition coefficient (Wildman–Crippen LogP) is 3.83. The highest BCUT2D eigenvalue weighted by atomic mass is 19.1. The van der Waals surface area contributed by atoms with Gasteiger partial charge in [-0.15, -0.1) is 0 Å². The van der Waals surface area contributed by atoms with Crippen LogP contribution in [0.3, 0.4) is 0 Å². The van der Waals surface area contributed by atoms with Gasteiger partial charge in [0.15, 0.2) is 0 Å². The molecule has 0 spiro atoms. The summed E-state index contributed by atoms with van der Waals surface area (Å²) in [6.07, 6.45) is -0.634. The minimum atomic E-state index is -0.879. The fourth-order valence-corrected chi connectivity index (χ4v) is 3.89. The van der Waals surface area contributed by atoms with E-state index in [2.05, 4.69) is 0 Å². The normalized spacial score (nSPS) is 19.6. The second-order valence-corrected chi connectivity index (χ2v) is 8.58. The van der Waals surface area contributed by atoms with Crippen LogP contribution in [0.4, 0.5) is 9.18 Å². The van der Waals surface area contributed by atoms with E-state index < -0.39 is 47.2 Å². The van der Waals surface area contributed by atoms with E-state index >= 15 is 0 Å². The maximum atomic E-state index is 14.4. The van der Waals surface area contributed by atoms with Crippen molar-refractivity contribution < 1.29 is 33.0 Å². The fourth-order valence-electron chi connectivity index (χ4n) is 3.89. The molecule has 1 aromatic rings. The minimum Gasteiger partial charge on any atom is -0.466 e. The van der Waals surface area contributed by atoms with E-state index in [1.165, 1.54) is 11.0 Å². The van der Waals surface area contributed by atoms with Crippen molar-refractivity contribution >= 4 is 18.0 Å². The first-order valence-corrected chi connectivity index (χ1v) is 10.6. The van der Waals surface area contributed by atoms with Crippen LogP contribution < -0.4 is 0 Å². The van der Waals surface area contributed by atoms with Gasteiger partial charge in [-0.3, -0.25) is 9.59 Å². The Balaban J connectivity index is 2.54. The second-order valence-electron chi connectivity index (χ2n) is 8.58. The van der Waals surface area contributed by atoms with Crippen LogP contribution in [0.1, 0.15) is 51.7 Å². The number of likely N-dealkylation sites (tertiary alicyclic amines) is 1. The van der Waals surface area contributed by atoms with Crippen LogP contribution in [0.25, 0.3) is 0 Å². The van der Waals surface area contributed by atoms with Crippen LogP contribution in [0.2, 0.25) is 0 Å². The smallest absolute Gasteiger partial charge is 0.410 e. The zero-order chi connectivity index (χ0) is 23.3. The van der Waals surface area contributed by atoms with Gasteiger partial charge in [0.2, 0.25) is 0 Å². The highest BCUT2D eigenvalue weighted by molar-refractivity contribution is 5.81. The number of carbonyl (C=O) groups excluding carboxylic acids is 3. The quantitative estimate of drug-likeness (QED) is 0.514. The molecule has 1 fully saturated rings. The van der Waals surface area contributed by atoms with Gasteiger partial charge in [-0.1, -0.05) is 12.1 Å². The second kappa shape index (κ2) is 10.1. The van der Waals surface area contributed by atoms with E-state index in [1.54, 1.807) is 53.7 Å². The summed E-state index contributed by atoms with van der Waals surface area (Å²) in [7, 11) is 0. The van der Waals surface area contributed by atoms with E-state index in [4.69, 9.17) is 14.2 Å². The molecule has 172 valence electrons. The third-order valence-electron chi connectivity index (χ3n) is 5.20. The number of piperidine rings is 1. The third kappa shape index (κ3) is 5.95. The number of nitrogens with zero attached hydrogens (tertiary/aromatic N) is 1. The van der Waals surface area contributed by atoms with Crippen molar-refractivity contribution in [2.45, 2.75) is 53.1 Å². The van der Waals surface area contributed by atoms with Crippen molar-refractivity contribution in [3.63, 3.8) is 0 Å². The largest absolute Gasteiger partial charge is 0.466 e. The Bertz CT molecular complexity index is 791. The molecule has 31 heavy (non-hydrogen) atoms. The molecule has 7 nitrogen and oxygen atoms in total. The van der Waals surface area contributed by atoms with Crippen molar-refractivity contribution in [2.75, 3.05) is 26.3 Å². The topological polar surface area (TPSA) is 82.1 Å². The molecule has 0 saturated carbocycles. The zero-order valence-electron chi connectivity index (χ0n) is 19.1. The van der Waals surface area contributed by atoms with Crippen molar-refractivity contribution in [1.82, 2.24) is 4.90 Å². The monoisotopic (exact) mass is 437 g/mol. The molecule has 1 saturated heterocycles. The minimum absolute atomic E-state index is 0.00965. The van der Waals surface area contributed by atoms with Gasteiger partial charge in [0.05, 0.1) is 25.0 Å². The average Bonchev–Trinajstić information content (AvgIpc) is 2.68. The molecule has 2 rings (SSSR count). The SMILES string of the molecule is CCOC(=O)[C@H]1CN(C(=O)OC(C)(C)C)C[C@H](C(=O)OCC)C1c1cccc(F)c1C. The summed E-state index contributed by atoms with van der Waals surface area (Å²) in [6.45, 7) is 10.4. The van der Waals surface area contributed by atoms with Crippen molar-refractivity contribution in [3.8, 4) is 0 Å². The molecular weight excluding hydrogens is 405 g/mol. The molecule has 2 atom stereocenters. The summed E-state index contributed by atoms with van der Waals surface area (Å²) in [5.41, 5.74) is 0.133. The summed E-state index contributed by atoms with van der Waals surface area (Å²) in [4.78, 5) is 39.9.